The Morgan fingerprint density at radius 3 is 1.37 bits per heavy atom. The van der Waals surface area contributed by atoms with E-state index >= 15 is 0 Å². The van der Waals surface area contributed by atoms with Crippen LogP contribution in [0.15, 0.2) is 146 Å². The zero-order valence-corrected chi connectivity index (χ0v) is 71.7. The van der Waals surface area contributed by atoms with Crippen molar-refractivity contribution in [3.63, 3.8) is 0 Å². The first-order chi connectivity index (χ1) is 50.7. The number of carbonyl (C=O) groups is 2. The van der Waals surface area contributed by atoms with E-state index < -0.39 is 49.5 Å². The first-order valence-electron chi connectivity index (χ1n) is 33.9. The zero-order valence-electron chi connectivity index (χ0n) is 62.9. The van der Waals surface area contributed by atoms with Crippen LogP contribution in [0, 0.1) is 25.6 Å². The number of benzene rings is 5. The SMILES string of the molecule is C1CCOC1.C=CC(=O)Nc1cccc(Oc2nc(Cl)nc3c2ccn3COC(=O)C(C)(C)C)c1.CS(=O)(=O)Cl.CS(=O)(=O)N1CC[C@H](Nc2ccc(N)cc2)C1.CS(=O)(=O)N1CC[C@H](Nc2ccc(N)cc2)C1.CS(=O)(=O)N1CC[C@H](Nc2ccc([N+](=O)[O-])cc2)C1.O=[N+]([O-])c1ccc(N[C@H]2CCNC2)cc1.S.S.S.S. The van der Waals surface area contributed by atoms with Gasteiger partial charge in [-0.05, 0) is 175 Å². The molecule has 0 unspecified atom stereocenters. The van der Waals surface area contributed by atoms with Crippen molar-refractivity contribution in [2.24, 2.45) is 5.41 Å². The van der Waals surface area contributed by atoms with Crippen LogP contribution >= 0.6 is 76.3 Å². The van der Waals surface area contributed by atoms with Crippen molar-refractivity contribution in [2.45, 2.75) is 90.2 Å². The summed E-state index contributed by atoms with van der Waals surface area (Å²) in [5.74, 6) is 0.0128. The number of halogens is 2. The van der Waals surface area contributed by atoms with Crippen LogP contribution in [0.1, 0.15) is 59.3 Å². The number of aromatic nitrogens is 3. The summed E-state index contributed by atoms with van der Waals surface area (Å²) in [6, 6.07) is 36.9. The number of amides is 1. The van der Waals surface area contributed by atoms with E-state index in [-0.39, 0.29) is 118 Å². The number of hydrogen-bond acceptors (Lipinski definition) is 26. The van der Waals surface area contributed by atoms with E-state index in [0.29, 0.717) is 67.8 Å². The molecular formula is C69H102Cl2N16O17S8. The predicted octanol–water partition coefficient (Wildman–Crippen LogP) is 9.82. The molecule has 12 rings (SSSR count). The molecule has 5 saturated heterocycles. The van der Waals surface area contributed by atoms with Gasteiger partial charge in [0.1, 0.15) is 5.75 Å². The number of nitrogens with zero attached hydrogens (tertiary/aromatic N) is 8. The van der Waals surface area contributed by atoms with E-state index in [1.807, 2.05) is 48.5 Å². The third kappa shape index (κ3) is 36.7. The third-order valence-corrected chi connectivity index (χ3v) is 20.2. The smallest absolute Gasteiger partial charge is 0.312 e. The van der Waals surface area contributed by atoms with Gasteiger partial charge in [0.05, 0.1) is 45.7 Å². The highest BCUT2D eigenvalue weighted by Gasteiger charge is 2.31. The number of carbonyl (C=O) groups excluding carboxylic acids is 2. The number of nitrogens with two attached hydrogens (primary N) is 2. The van der Waals surface area contributed by atoms with Crippen LogP contribution in [-0.4, -0.2) is 198 Å². The number of nitrogens with one attached hydrogen (secondary N) is 6. The molecule has 0 bridgehead atoms. The Kier molecular flexibility index (Phi) is 42.4. The lowest BCUT2D eigenvalue weighted by molar-refractivity contribution is -0.385. The minimum absolute atomic E-state index is 0. The number of anilines is 7. The largest absolute Gasteiger partial charge is 0.443 e. The van der Waals surface area contributed by atoms with E-state index in [9.17, 15) is 63.5 Å². The fourth-order valence-corrected chi connectivity index (χ4v) is 13.5. The van der Waals surface area contributed by atoms with Gasteiger partial charge in [0.15, 0.2) is 12.4 Å². The molecule has 5 aromatic carbocycles. The molecule has 10 N–H and O–H groups in total. The molecule has 0 spiro atoms. The van der Waals surface area contributed by atoms with Crippen LogP contribution in [0.2, 0.25) is 5.28 Å². The topological polar surface area (TPSA) is 449 Å². The lowest BCUT2D eigenvalue weighted by Gasteiger charge is -2.17. The van der Waals surface area contributed by atoms with Crippen molar-refractivity contribution in [1.82, 2.24) is 32.8 Å². The lowest BCUT2D eigenvalue weighted by atomic mass is 9.98. The number of rotatable bonds is 19. The van der Waals surface area contributed by atoms with Crippen molar-refractivity contribution < 1.29 is 67.3 Å². The lowest BCUT2D eigenvalue weighted by Crippen LogP contribution is -2.30. The van der Waals surface area contributed by atoms with Gasteiger partial charge in [-0.2, -0.15) is 64.0 Å². The van der Waals surface area contributed by atoms with Gasteiger partial charge in [-0.15, -0.1) is 0 Å². The van der Waals surface area contributed by atoms with Crippen LogP contribution in [0.5, 0.6) is 11.6 Å². The van der Waals surface area contributed by atoms with E-state index in [1.165, 1.54) is 74.9 Å². The molecule has 5 aliphatic heterocycles. The fraction of sp³-hybridized carbons (Fsp3) is 0.420. The van der Waals surface area contributed by atoms with Crippen molar-refractivity contribution in [2.75, 3.05) is 129 Å². The number of ether oxygens (including phenoxy) is 3. The third-order valence-electron chi connectivity index (χ3n) is 16.2. The molecule has 4 atom stereocenters. The Labute approximate surface area is 692 Å². The molecule has 112 heavy (non-hydrogen) atoms. The minimum atomic E-state index is -3.19. The summed E-state index contributed by atoms with van der Waals surface area (Å²) >= 11 is 6.08. The Morgan fingerprint density at radius 2 is 1.03 bits per heavy atom. The van der Waals surface area contributed by atoms with E-state index in [1.54, 1.807) is 86.1 Å². The highest BCUT2D eigenvalue weighted by atomic mass is 35.7. The zero-order chi connectivity index (χ0) is 79.6. The van der Waals surface area contributed by atoms with E-state index in [0.717, 1.165) is 92.4 Å². The van der Waals surface area contributed by atoms with Gasteiger partial charge < -0.3 is 57.6 Å². The molecule has 7 aromatic rings. The Bertz CT molecular complexity index is 4510. The highest BCUT2D eigenvalue weighted by Crippen LogP contribution is 2.32. The van der Waals surface area contributed by atoms with Crippen molar-refractivity contribution in [3.05, 3.63) is 172 Å². The van der Waals surface area contributed by atoms with Crippen LogP contribution in [0.3, 0.4) is 0 Å². The van der Waals surface area contributed by atoms with Gasteiger partial charge in [-0.1, -0.05) is 12.6 Å². The van der Waals surface area contributed by atoms with Gasteiger partial charge in [-0.25, -0.2) is 46.6 Å². The second-order valence-corrected chi connectivity index (χ2v) is 35.7. The monoisotopic (exact) mass is 1750 g/mol. The number of nitrogen functional groups attached to an aromatic ring is 2. The standard InChI is InChI=1S/C21H21ClN4O4.C11H15N3O4S.2C11H17N3O2S.C10H13N3O2.C4H8O.CH3ClO2S.4H2S/c1-5-16(27)23-13-7-6-8-14(11-13)30-18-15-9-10-26(17(15)24-20(22)25-18)12-29-19(28)21(2,3)4;1-19(17,18)13-7-6-10(8-13)12-9-2-4-11(5-3-9)14(15)16;2*1-17(15,16)14-7-6-11(8-14)13-10-4-2-9(12)3-5-10;14-13(15)10-3-1-8(2-4-10)12-9-5-6-11-7-9;1-2-4-5-3-1;1-5(2,3)4;;;;/h5-11H,1,12H2,2-4H3,(H,23,27);2-5,10,12H,6-8H2,1H3;2*2-5,11,13H,6-8,12H2,1H3;1-4,9,11-12H,5-7H2;1-4H2;1H3;4*1H2/t;10-;2*11-;9-;;;;;;/m.0000....../s1. The summed E-state index contributed by atoms with van der Waals surface area (Å²) in [6.45, 7) is 15.9. The number of sulfonamides is 3. The van der Waals surface area contributed by atoms with Crippen molar-refractivity contribution in [3.8, 4) is 11.6 Å². The molecule has 7 heterocycles. The molecular weight excluding hydrogens is 1650 g/mol. The number of hydrogen-bond donors (Lipinski definition) is 8. The van der Waals surface area contributed by atoms with Gasteiger partial charge >= 0.3 is 5.97 Å². The molecule has 5 fully saturated rings. The summed E-state index contributed by atoms with van der Waals surface area (Å²) in [6.07, 6.45) is 13.5. The fourth-order valence-electron chi connectivity index (χ4n) is 10.7. The molecule has 1 amide bonds. The number of esters is 1. The molecule has 622 valence electrons. The van der Waals surface area contributed by atoms with Crippen LogP contribution < -0.4 is 48.1 Å². The first-order valence-corrected chi connectivity index (χ1v) is 42.5. The van der Waals surface area contributed by atoms with Crippen molar-refractivity contribution in [1.29, 1.82) is 0 Å². The van der Waals surface area contributed by atoms with Crippen LogP contribution in [0.25, 0.3) is 11.0 Å². The average Bonchev–Trinajstić information content (AvgIpc) is 1.63. The second kappa shape index (κ2) is 47.3. The molecule has 2 aromatic heterocycles. The predicted molar refractivity (Wildman–Crippen MR) is 464 cm³/mol. The quantitative estimate of drug-likeness (QED) is 0.00709. The molecule has 43 heteroatoms. The number of nitro benzene ring substituents is 2. The van der Waals surface area contributed by atoms with E-state index in [2.05, 4.69) is 59.1 Å². The van der Waals surface area contributed by atoms with Gasteiger partial charge in [-0.3, -0.25) is 34.4 Å². The maximum absolute atomic E-state index is 12.0. The average molecular weight is 1760 g/mol. The highest BCUT2D eigenvalue weighted by molar-refractivity contribution is 8.13. The normalized spacial score (nSPS) is 17.3. The van der Waals surface area contributed by atoms with Gasteiger partial charge in [0.25, 0.3) is 11.4 Å². The summed E-state index contributed by atoms with van der Waals surface area (Å²) in [4.78, 5) is 52.0. The minimum Gasteiger partial charge on any atom is -0.443 e. The number of non-ortho nitro benzene ring substituents is 2. The molecule has 0 radical (unpaired) electrons. The maximum atomic E-state index is 12.0. The molecule has 5 aliphatic rings. The number of nitro groups is 2. The Balaban J connectivity index is 0.000000465. The molecule has 0 aliphatic carbocycles. The summed E-state index contributed by atoms with van der Waals surface area (Å²) in [5, 5.41) is 40.6. The molecule has 33 nitrogen and oxygen atoms in total. The summed E-state index contributed by atoms with van der Waals surface area (Å²) < 4.78 is 109. The maximum Gasteiger partial charge on any atom is 0.312 e. The van der Waals surface area contributed by atoms with Crippen LogP contribution in [0.4, 0.5) is 51.2 Å². The molecule has 0 saturated carbocycles. The number of fused-ring (bicyclic) bond motifs is 1. The Hall–Kier alpha value is -7.62. The van der Waals surface area contributed by atoms with Gasteiger partial charge in [0.2, 0.25) is 56.2 Å². The first kappa shape index (κ1) is 100. The summed E-state index contributed by atoms with van der Waals surface area (Å²) in [7, 11) is -7.96. The van der Waals surface area contributed by atoms with E-state index in [4.69, 9.17) is 37.3 Å². The van der Waals surface area contributed by atoms with Crippen LogP contribution in [-0.2, 0) is 64.9 Å². The van der Waals surface area contributed by atoms with Gasteiger partial charge in [0, 0.05) is 170 Å². The summed E-state index contributed by atoms with van der Waals surface area (Å²) in [5.41, 5.74) is 16.8. The Morgan fingerprint density at radius 1 is 0.625 bits per heavy atom. The van der Waals surface area contributed by atoms with Crippen molar-refractivity contribution >= 4 is 189 Å². The second-order valence-electron chi connectivity index (χ2n) is 26.4.